The third-order valence-electron chi connectivity index (χ3n) is 2.77. The van der Waals surface area contributed by atoms with Crippen LogP contribution in [-0.4, -0.2) is 28.2 Å². The van der Waals surface area contributed by atoms with Crippen LogP contribution in [0.2, 0.25) is 0 Å². The maximum absolute atomic E-state index is 11.7. The second-order valence-corrected chi connectivity index (χ2v) is 4.37. The first-order valence-corrected chi connectivity index (χ1v) is 6.28. The standard InChI is InChI=1S/C11H16ClN3O3/c1-2-8(3-4-12)6-14-11(16)10-5-9(7-13-10)15(17)18/h5,7-8,13H,2-4,6H2,1H3,(H,14,16). The van der Waals surface area contributed by atoms with E-state index in [1.54, 1.807) is 0 Å². The largest absolute Gasteiger partial charge is 0.351 e. The predicted octanol–water partition coefficient (Wildman–Crippen LogP) is 2.31. The molecule has 1 amide bonds. The minimum Gasteiger partial charge on any atom is -0.351 e. The number of rotatable bonds is 7. The summed E-state index contributed by atoms with van der Waals surface area (Å²) in [4.78, 5) is 24.2. The summed E-state index contributed by atoms with van der Waals surface area (Å²) in [6.07, 6.45) is 2.96. The Bertz CT molecular complexity index is 419. The molecule has 0 spiro atoms. The topological polar surface area (TPSA) is 88.0 Å². The lowest BCUT2D eigenvalue weighted by molar-refractivity contribution is -0.384. The average Bonchev–Trinajstić information content (AvgIpc) is 2.83. The van der Waals surface area contributed by atoms with Crippen molar-refractivity contribution in [2.24, 2.45) is 5.92 Å². The highest BCUT2D eigenvalue weighted by Gasteiger charge is 2.15. The Kier molecular flexibility index (Phi) is 5.64. The molecule has 0 aliphatic rings. The molecule has 0 saturated carbocycles. The van der Waals surface area contributed by atoms with Crippen molar-refractivity contribution in [3.8, 4) is 0 Å². The fourth-order valence-corrected chi connectivity index (χ4v) is 1.87. The molecule has 0 radical (unpaired) electrons. The second-order valence-electron chi connectivity index (χ2n) is 3.99. The summed E-state index contributed by atoms with van der Waals surface area (Å²) in [5.74, 6) is 0.551. The van der Waals surface area contributed by atoms with E-state index in [1.165, 1.54) is 12.3 Å². The van der Waals surface area contributed by atoms with E-state index in [0.717, 1.165) is 12.8 Å². The molecule has 0 saturated heterocycles. The normalized spacial score (nSPS) is 12.1. The van der Waals surface area contributed by atoms with E-state index in [9.17, 15) is 14.9 Å². The summed E-state index contributed by atoms with van der Waals surface area (Å²) in [6, 6.07) is 1.22. The van der Waals surface area contributed by atoms with Gasteiger partial charge in [0, 0.05) is 18.5 Å². The van der Waals surface area contributed by atoms with Gasteiger partial charge in [-0.3, -0.25) is 14.9 Å². The number of nitrogens with one attached hydrogen (secondary N) is 2. The number of H-pyrrole nitrogens is 1. The first kappa shape index (κ1) is 14.5. The summed E-state index contributed by atoms with van der Waals surface area (Å²) >= 11 is 5.65. The fraction of sp³-hybridized carbons (Fsp3) is 0.545. The maximum atomic E-state index is 11.7. The summed E-state index contributed by atoms with van der Waals surface area (Å²) in [6.45, 7) is 2.55. The van der Waals surface area contributed by atoms with E-state index in [1.807, 2.05) is 6.92 Å². The number of hydrogen-bond acceptors (Lipinski definition) is 3. The molecule has 2 N–H and O–H groups in total. The van der Waals surface area contributed by atoms with E-state index >= 15 is 0 Å². The number of nitro groups is 1. The predicted molar refractivity (Wildman–Crippen MR) is 68.9 cm³/mol. The van der Waals surface area contributed by atoms with Gasteiger partial charge in [0.15, 0.2) is 0 Å². The molecule has 7 heteroatoms. The Morgan fingerprint density at radius 2 is 2.39 bits per heavy atom. The van der Waals surface area contributed by atoms with Crippen LogP contribution in [-0.2, 0) is 0 Å². The molecule has 0 aromatic carbocycles. The fourth-order valence-electron chi connectivity index (χ4n) is 1.56. The average molecular weight is 274 g/mol. The molecular formula is C11H16ClN3O3. The van der Waals surface area contributed by atoms with Crippen molar-refractivity contribution >= 4 is 23.2 Å². The molecular weight excluding hydrogens is 258 g/mol. The summed E-state index contributed by atoms with van der Waals surface area (Å²) in [5, 5.41) is 13.2. The van der Waals surface area contributed by atoms with Crippen LogP contribution in [0.1, 0.15) is 30.3 Å². The van der Waals surface area contributed by atoms with Crippen molar-refractivity contribution < 1.29 is 9.72 Å². The monoisotopic (exact) mass is 273 g/mol. The number of aromatic nitrogens is 1. The van der Waals surface area contributed by atoms with Crippen LogP contribution in [0.3, 0.4) is 0 Å². The van der Waals surface area contributed by atoms with Crippen LogP contribution in [0.4, 0.5) is 5.69 Å². The number of carbonyl (C=O) groups is 1. The molecule has 1 aromatic heterocycles. The number of aromatic amines is 1. The molecule has 0 fully saturated rings. The summed E-state index contributed by atoms with van der Waals surface area (Å²) in [5.41, 5.74) is 0.0791. The van der Waals surface area contributed by atoms with E-state index in [2.05, 4.69) is 10.3 Å². The van der Waals surface area contributed by atoms with Gasteiger partial charge < -0.3 is 10.3 Å². The van der Waals surface area contributed by atoms with E-state index < -0.39 is 4.92 Å². The molecule has 0 bridgehead atoms. The molecule has 0 aliphatic carbocycles. The highest BCUT2D eigenvalue weighted by atomic mass is 35.5. The zero-order chi connectivity index (χ0) is 13.5. The maximum Gasteiger partial charge on any atom is 0.287 e. The molecule has 1 unspecified atom stereocenters. The summed E-state index contributed by atoms with van der Waals surface area (Å²) in [7, 11) is 0. The van der Waals surface area contributed by atoms with Crippen LogP contribution >= 0.6 is 11.6 Å². The van der Waals surface area contributed by atoms with Gasteiger partial charge in [0.2, 0.25) is 0 Å². The van der Waals surface area contributed by atoms with Gasteiger partial charge in [0.05, 0.1) is 11.1 Å². The van der Waals surface area contributed by atoms with E-state index in [0.29, 0.717) is 18.3 Å². The van der Waals surface area contributed by atoms with Gasteiger partial charge in [-0.05, 0) is 12.3 Å². The van der Waals surface area contributed by atoms with Crippen LogP contribution in [0, 0.1) is 16.0 Å². The lowest BCUT2D eigenvalue weighted by Gasteiger charge is -2.13. The third-order valence-corrected chi connectivity index (χ3v) is 2.99. The van der Waals surface area contributed by atoms with Gasteiger partial charge in [-0.25, -0.2) is 0 Å². The van der Waals surface area contributed by atoms with Crippen LogP contribution in [0.5, 0.6) is 0 Å². The zero-order valence-electron chi connectivity index (χ0n) is 10.1. The number of nitrogens with zero attached hydrogens (tertiary/aromatic N) is 1. The lowest BCUT2D eigenvalue weighted by Crippen LogP contribution is -2.29. The number of halogens is 1. The number of carbonyl (C=O) groups excluding carboxylic acids is 1. The van der Waals surface area contributed by atoms with Crippen LogP contribution < -0.4 is 5.32 Å². The quantitative estimate of drug-likeness (QED) is 0.454. The van der Waals surface area contributed by atoms with Crippen LogP contribution in [0.25, 0.3) is 0 Å². The van der Waals surface area contributed by atoms with Gasteiger partial charge in [-0.15, -0.1) is 11.6 Å². The minimum absolute atomic E-state index is 0.118. The lowest BCUT2D eigenvalue weighted by atomic mass is 10.0. The van der Waals surface area contributed by atoms with E-state index in [-0.39, 0.29) is 17.3 Å². The summed E-state index contributed by atoms with van der Waals surface area (Å²) < 4.78 is 0. The smallest absolute Gasteiger partial charge is 0.287 e. The number of alkyl halides is 1. The van der Waals surface area contributed by atoms with Crippen LogP contribution in [0.15, 0.2) is 12.3 Å². The van der Waals surface area contributed by atoms with Gasteiger partial charge in [-0.1, -0.05) is 13.3 Å². The van der Waals surface area contributed by atoms with Crippen molar-refractivity contribution in [1.82, 2.24) is 10.3 Å². The van der Waals surface area contributed by atoms with Gasteiger partial charge in [0.25, 0.3) is 11.6 Å². The van der Waals surface area contributed by atoms with Gasteiger partial charge in [-0.2, -0.15) is 0 Å². The number of hydrogen-bond donors (Lipinski definition) is 2. The molecule has 0 aliphatic heterocycles. The van der Waals surface area contributed by atoms with Crippen molar-refractivity contribution in [2.45, 2.75) is 19.8 Å². The molecule has 6 nitrogen and oxygen atoms in total. The molecule has 1 atom stereocenters. The highest BCUT2D eigenvalue weighted by Crippen LogP contribution is 2.12. The van der Waals surface area contributed by atoms with Crippen molar-refractivity contribution in [1.29, 1.82) is 0 Å². The molecule has 1 rings (SSSR count). The van der Waals surface area contributed by atoms with Crippen molar-refractivity contribution in [3.05, 3.63) is 28.1 Å². The molecule has 18 heavy (non-hydrogen) atoms. The Hall–Kier alpha value is -1.56. The second kappa shape index (κ2) is 7.00. The number of amides is 1. The molecule has 1 heterocycles. The first-order valence-electron chi connectivity index (χ1n) is 5.75. The Morgan fingerprint density at radius 3 is 2.89 bits per heavy atom. The highest BCUT2D eigenvalue weighted by molar-refractivity contribution is 6.17. The van der Waals surface area contributed by atoms with E-state index in [4.69, 9.17) is 11.6 Å². The van der Waals surface area contributed by atoms with Gasteiger partial charge in [0.1, 0.15) is 5.69 Å². The Labute approximate surface area is 110 Å². The SMILES string of the molecule is CCC(CCCl)CNC(=O)c1cc([N+](=O)[O-])c[nH]1. The zero-order valence-corrected chi connectivity index (χ0v) is 10.9. The Balaban J connectivity index is 2.51. The molecule has 100 valence electrons. The minimum atomic E-state index is -0.546. The molecule has 1 aromatic rings. The van der Waals surface area contributed by atoms with Crippen molar-refractivity contribution in [3.63, 3.8) is 0 Å². The third kappa shape index (κ3) is 4.03. The van der Waals surface area contributed by atoms with Gasteiger partial charge >= 0.3 is 0 Å². The Morgan fingerprint density at radius 1 is 1.67 bits per heavy atom. The van der Waals surface area contributed by atoms with Crippen molar-refractivity contribution in [2.75, 3.05) is 12.4 Å². The first-order chi connectivity index (χ1) is 8.58.